The molecular weight excluding hydrogens is 608 g/mol. The fraction of sp³-hybridized carbons (Fsp3) is 0.955. The van der Waals surface area contributed by atoms with E-state index in [1.807, 2.05) is 0 Å². The van der Waals surface area contributed by atoms with Crippen LogP contribution in [0.4, 0.5) is 0 Å². The summed E-state index contributed by atoms with van der Waals surface area (Å²) in [4.78, 5) is 24.0. The van der Waals surface area contributed by atoms with Gasteiger partial charge in [-0.3, -0.25) is 9.59 Å². The summed E-state index contributed by atoms with van der Waals surface area (Å²) in [6.07, 6.45) is 43.1. The van der Waals surface area contributed by atoms with Gasteiger partial charge in [0, 0.05) is 12.8 Å². The molecule has 1 atom stereocenters. The first-order valence-electron chi connectivity index (χ1n) is 21.9. The molecular formula is C44H86O5. The molecule has 0 saturated carbocycles. The highest BCUT2D eigenvalue weighted by Crippen LogP contribution is 2.16. The maximum atomic E-state index is 12.0. The SMILES string of the molecule is CCCCCCCCCCCCCCCCC(=O)OC[C@@H](O)COC(=O)CCCCCCCCCCCCCCCCCCCCC(C)C. The molecule has 5 heteroatoms. The van der Waals surface area contributed by atoms with Gasteiger partial charge >= 0.3 is 11.9 Å². The van der Waals surface area contributed by atoms with E-state index in [1.54, 1.807) is 0 Å². The van der Waals surface area contributed by atoms with Gasteiger partial charge in [-0.1, -0.05) is 220 Å². The van der Waals surface area contributed by atoms with E-state index in [-0.39, 0.29) is 25.2 Å². The number of hydrogen-bond acceptors (Lipinski definition) is 5. The maximum absolute atomic E-state index is 12.0. The quantitative estimate of drug-likeness (QED) is 0.0510. The summed E-state index contributed by atoms with van der Waals surface area (Å²) in [5, 5.41) is 10.0. The van der Waals surface area contributed by atoms with Crippen LogP contribution in [0, 0.1) is 5.92 Å². The van der Waals surface area contributed by atoms with Crippen molar-refractivity contribution in [2.24, 2.45) is 5.92 Å². The molecule has 0 aliphatic rings. The minimum atomic E-state index is -0.955. The molecule has 0 fully saturated rings. The first-order valence-corrected chi connectivity index (χ1v) is 21.9. The van der Waals surface area contributed by atoms with Crippen molar-refractivity contribution in [1.29, 1.82) is 0 Å². The third-order valence-electron chi connectivity index (χ3n) is 10.0. The standard InChI is InChI=1S/C44H86O5/c1-4-5-6-7-8-9-10-11-19-22-25-28-31-34-37-43(46)48-39-42(45)40-49-44(47)38-35-32-29-26-23-20-17-15-13-12-14-16-18-21-24-27-30-33-36-41(2)3/h41-42,45H,4-40H2,1-3H3/t42-/m1/s1. The number of rotatable bonds is 40. The van der Waals surface area contributed by atoms with E-state index in [1.165, 1.54) is 186 Å². The molecule has 0 aromatic heterocycles. The lowest BCUT2D eigenvalue weighted by atomic mass is 10.0. The molecule has 5 nitrogen and oxygen atoms in total. The summed E-state index contributed by atoms with van der Waals surface area (Å²) in [6.45, 7) is 6.71. The Labute approximate surface area is 306 Å². The highest BCUT2D eigenvalue weighted by molar-refractivity contribution is 5.69. The monoisotopic (exact) mass is 695 g/mol. The molecule has 0 spiro atoms. The van der Waals surface area contributed by atoms with Crippen LogP contribution in [0.5, 0.6) is 0 Å². The second kappa shape index (κ2) is 39.7. The van der Waals surface area contributed by atoms with Gasteiger partial charge < -0.3 is 14.6 Å². The normalized spacial score (nSPS) is 12.1. The van der Waals surface area contributed by atoms with Crippen molar-refractivity contribution >= 4 is 11.9 Å². The van der Waals surface area contributed by atoms with Gasteiger partial charge in [0.1, 0.15) is 19.3 Å². The molecule has 1 N–H and O–H groups in total. The van der Waals surface area contributed by atoms with Gasteiger partial charge in [-0.2, -0.15) is 0 Å². The van der Waals surface area contributed by atoms with E-state index in [4.69, 9.17) is 9.47 Å². The molecule has 0 bridgehead atoms. The summed E-state index contributed by atoms with van der Waals surface area (Å²) in [5.74, 6) is 0.317. The summed E-state index contributed by atoms with van der Waals surface area (Å²) in [6, 6.07) is 0. The third-order valence-corrected chi connectivity index (χ3v) is 10.0. The number of aliphatic hydroxyl groups excluding tert-OH is 1. The zero-order chi connectivity index (χ0) is 35.9. The van der Waals surface area contributed by atoms with Crippen LogP contribution in [0.15, 0.2) is 0 Å². The van der Waals surface area contributed by atoms with E-state index in [0.717, 1.165) is 31.6 Å². The van der Waals surface area contributed by atoms with Crippen molar-refractivity contribution in [3.05, 3.63) is 0 Å². The number of carbonyl (C=O) groups excluding carboxylic acids is 2. The molecule has 49 heavy (non-hydrogen) atoms. The van der Waals surface area contributed by atoms with Crippen molar-refractivity contribution in [3.8, 4) is 0 Å². The molecule has 0 heterocycles. The molecule has 0 unspecified atom stereocenters. The van der Waals surface area contributed by atoms with Gasteiger partial charge in [-0.25, -0.2) is 0 Å². The first kappa shape index (κ1) is 47.9. The van der Waals surface area contributed by atoms with Crippen LogP contribution in [-0.2, 0) is 19.1 Å². The predicted octanol–water partition coefficient (Wildman–Crippen LogP) is 13.8. The summed E-state index contributed by atoms with van der Waals surface area (Å²) < 4.78 is 10.4. The third kappa shape index (κ3) is 41.2. The summed E-state index contributed by atoms with van der Waals surface area (Å²) in [5.41, 5.74) is 0. The fourth-order valence-electron chi connectivity index (χ4n) is 6.68. The first-order chi connectivity index (χ1) is 24.0. The number of hydrogen-bond donors (Lipinski definition) is 1. The number of aliphatic hydroxyl groups is 1. The van der Waals surface area contributed by atoms with Crippen LogP contribution in [0.25, 0.3) is 0 Å². The molecule has 0 aromatic rings. The predicted molar refractivity (Wildman–Crippen MR) is 210 cm³/mol. The lowest BCUT2D eigenvalue weighted by molar-refractivity contribution is -0.152. The second-order valence-electron chi connectivity index (χ2n) is 15.7. The van der Waals surface area contributed by atoms with Crippen LogP contribution < -0.4 is 0 Å². The average Bonchev–Trinajstić information content (AvgIpc) is 3.08. The van der Waals surface area contributed by atoms with Crippen LogP contribution in [0.3, 0.4) is 0 Å². The van der Waals surface area contributed by atoms with Crippen molar-refractivity contribution in [3.63, 3.8) is 0 Å². The number of esters is 2. The minimum Gasteiger partial charge on any atom is -0.463 e. The molecule has 0 aromatic carbocycles. The summed E-state index contributed by atoms with van der Waals surface area (Å²) >= 11 is 0. The lowest BCUT2D eigenvalue weighted by Crippen LogP contribution is -2.25. The van der Waals surface area contributed by atoms with Gasteiger partial charge in [0.05, 0.1) is 0 Å². The van der Waals surface area contributed by atoms with Gasteiger partial charge in [-0.15, -0.1) is 0 Å². The van der Waals surface area contributed by atoms with E-state index in [0.29, 0.717) is 12.8 Å². The Morgan fingerprint density at radius 2 is 0.653 bits per heavy atom. The van der Waals surface area contributed by atoms with Crippen molar-refractivity contribution in [2.75, 3.05) is 13.2 Å². The topological polar surface area (TPSA) is 72.8 Å². The molecule has 0 amide bonds. The van der Waals surface area contributed by atoms with Crippen LogP contribution >= 0.6 is 0 Å². The average molecular weight is 695 g/mol. The van der Waals surface area contributed by atoms with Gasteiger partial charge in [0.2, 0.25) is 0 Å². The van der Waals surface area contributed by atoms with Gasteiger partial charge in [0.15, 0.2) is 0 Å². The Morgan fingerprint density at radius 1 is 0.408 bits per heavy atom. The van der Waals surface area contributed by atoms with Gasteiger partial charge in [-0.05, 0) is 18.8 Å². The van der Waals surface area contributed by atoms with Crippen molar-refractivity contribution in [1.82, 2.24) is 0 Å². The van der Waals surface area contributed by atoms with Crippen LogP contribution in [0.1, 0.15) is 245 Å². The fourth-order valence-corrected chi connectivity index (χ4v) is 6.68. The number of ether oxygens (including phenoxy) is 2. The molecule has 0 radical (unpaired) electrons. The minimum absolute atomic E-state index is 0.107. The molecule has 0 aliphatic heterocycles. The zero-order valence-corrected chi connectivity index (χ0v) is 33.4. The summed E-state index contributed by atoms with van der Waals surface area (Å²) in [7, 11) is 0. The maximum Gasteiger partial charge on any atom is 0.305 e. The van der Waals surface area contributed by atoms with E-state index >= 15 is 0 Å². The highest BCUT2D eigenvalue weighted by Gasteiger charge is 2.12. The van der Waals surface area contributed by atoms with Crippen molar-refractivity contribution in [2.45, 2.75) is 252 Å². The van der Waals surface area contributed by atoms with E-state index in [2.05, 4.69) is 20.8 Å². The zero-order valence-electron chi connectivity index (χ0n) is 33.4. The van der Waals surface area contributed by atoms with E-state index < -0.39 is 6.10 Å². The van der Waals surface area contributed by atoms with E-state index in [9.17, 15) is 14.7 Å². The largest absolute Gasteiger partial charge is 0.463 e. The second-order valence-corrected chi connectivity index (χ2v) is 15.7. The molecule has 0 aliphatic carbocycles. The Hall–Kier alpha value is -1.10. The van der Waals surface area contributed by atoms with Crippen LogP contribution in [0.2, 0.25) is 0 Å². The van der Waals surface area contributed by atoms with Gasteiger partial charge in [0.25, 0.3) is 0 Å². The smallest absolute Gasteiger partial charge is 0.305 e. The molecule has 292 valence electrons. The molecule has 0 saturated heterocycles. The Balaban J connectivity index is 3.35. The van der Waals surface area contributed by atoms with Crippen LogP contribution in [-0.4, -0.2) is 36.4 Å². The number of unbranched alkanes of at least 4 members (excludes halogenated alkanes) is 30. The Kier molecular flexibility index (Phi) is 38.8. The lowest BCUT2D eigenvalue weighted by Gasteiger charge is -2.12. The molecule has 0 rings (SSSR count). The Bertz CT molecular complexity index is 678. The Morgan fingerprint density at radius 3 is 0.918 bits per heavy atom. The van der Waals surface area contributed by atoms with Crippen molar-refractivity contribution < 1.29 is 24.2 Å². The number of carbonyl (C=O) groups is 2. The highest BCUT2D eigenvalue weighted by atomic mass is 16.6.